The van der Waals surface area contributed by atoms with Crippen LogP contribution in [0.2, 0.25) is 0 Å². The van der Waals surface area contributed by atoms with E-state index >= 15 is 0 Å². The van der Waals surface area contributed by atoms with Crippen molar-refractivity contribution in [1.82, 2.24) is 0 Å². The molecule has 2 amide bonds. The number of hydrogen-bond acceptors (Lipinski definition) is 3. The molecule has 6 nitrogen and oxygen atoms in total. The Labute approximate surface area is 97.5 Å². The highest BCUT2D eigenvalue weighted by Crippen LogP contribution is 2.23. The average Bonchev–Trinajstić information content (AvgIpc) is 2.57. The number of amides is 2. The SMILES string of the molecule is CC1=NN(c2cccc(NC(=O)O)c2)C(=O)C1. The summed E-state index contributed by atoms with van der Waals surface area (Å²) in [5.74, 6) is -0.116. The van der Waals surface area contributed by atoms with Gasteiger partial charge in [-0.15, -0.1) is 0 Å². The van der Waals surface area contributed by atoms with E-state index in [1.807, 2.05) is 0 Å². The number of nitrogens with one attached hydrogen (secondary N) is 1. The van der Waals surface area contributed by atoms with Crippen molar-refractivity contribution in [3.8, 4) is 0 Å². The molecule has 6 heteroatoms. The lowest BCUT2D eigenvalue weighted by molar-refractivity contribution is -0.116. The number of carboxylic acid groups (broad SMARTS) is 1. The third-order valence-corrected chi connectivity index (χ3v) is 2.26. The largest absolute Gasteiger partial charge is 0.465 e. The summed E-state index contributed by atoms with van der Waals surface area (Å²) < 4.78 is 0. The topological polar surface area (TPSA) is 82.0 Å². The number of carbonyl (C=O) groups is 2. The van der Waals surface area contributed by atoms with Crippen LogP contribution >= 0.6 is 0 Å². The molecule has 0 aromatic heterocycles. The maximum absolute atomic E-state index is 11.6. The molecular formula is C11H11N3O3. The number of rotatable bonds is 2. The standard InChI is InChI=1S/C11H11N3O3/c1-7-5-10(15)14(13-7)9-4-2-3-8(6-9)12-11(16)17/h2-4,6,12H,5H2,1H3,(H,16,17). The molecule has 0 unspecified atom stereocenters. The van der Waals surface area contributed by atoms with Crippen LogP contribution in [0.15, 0.2) is 29.4 Å². The lowest BCUT2D eigenvalue weighted by atomic mass is 10.2. The summed E-state index contributed by atoms with van der Waals surface area (Å²) in [5, 5.41) is 16.2. The monoisotopic (exact) mass is 233 g/mol. The Bertz CT molecular complexity index is 510. The highest BCUT2D eigenvalue weighted by atomic mass is 16.4. The maximum atomic E-state index is 11.6. The molecule has 0 spiro atoms. The molecule has 1 aliphatic heterocycles. The Morgan fingerprint density at radius 3 is 2.88 bits per heavy atom. The van der Waals surface area contributed by atoms with E-state index in [1.165, 1.54) is 5.01 Å². The number of nitrogens with zero attached hydrogens (tertiary/aromatic N) is 2. The zero-order valence-corrected chi connectivity index (χ0v) is 9.17. The molecule has 2 rings (SSSR count). The second-order valence-electron chi connectivity index (χ2n) is 3.70. The van der Waals surface area contributed by atoms with Crippen molar-refractivity contribution in [2.45, 2.75) is 13.3 Å². The Morgan fingerprint density at radius 2 is 2.29 bits per heavy atom. The number of carbonyl (C=O) groups excluding carboxylic acids is 1. The molecule has 1 aromatic rings. The Balaban J connectivity index is 2.27. The Morgan fingerprint density at radius 1 is 1.53 bits per heavy atom. The fourth-order valence-electron chi connectivity index (χ4n) is 1.60. The van der Waals surface area contributed by atoms with Crippen LogP contribution in [0.4, 0.5) is 16.2 Å². The normalized spacial score (nSPS) is 14.8. The molecule has 0 saturated carbocycles. The molecule has 0 bridgehead atoms. The quantitative estimate of drug-likeness (QED) is 0.818. The molecule has 2 N–H and O–H groups in total. The molecule has 0 saturated heterocycles. The minimum absolute atomic E-state index is 0.116. The van der Waals surface area contributed by atoms with Crippen LogP contribution in [0.1, 0.15) is 13.3 Å². The van der Waals surface area contributed by atoms with Crippen molar-refractivity contribution in [3.63, 3.8) is 0 Å². The van der Waals surface area contributed by atoms with Gasteiger partial charge in [-0.05, 0) is 25.1 Å². The number of anilines is 2. The van der Waals surface area contributed by atoms with Gasteiger partial charge in [0.25, 0.3) is 5.91 Å². The van der Waals surface area contributed by atoms with Crippen molar-refractivity contribution in [3.05, 3.63) is 24.3 Å². The molecular weight excluding hydrogens is 222 g/mol. The van der Waals surface area contributed by atoms with E-state index in [4.69, 9.17) is 5.11 Å². The second kappa shape index (κ2) is 4.25. The predicted octanol–water partition coefficient (Wildman–Crippen LogP) is 1.89. The molecule has 1 aliphatic rings. The Hall–Kier alpha value is -2.37. The molecule has 0 radical (unpaired) electrons. The first-order chi connectivity index (χ1) is 8.06. The second-order valence-corrected chi connectivity index (χ2v) is 3.70. The van der Waals surface area contributed by atoms with Gasteiger partial charge in [0.1, 0.15) is 0 Å². The van der Waals surface area contributed by atoms with Crippen LogP contribution in [-0.2, 0) is 4.79 Å². The van der Waals surface area contributed by atoms with Crippen molar-refractivity contribution in [2.75, 3.05) is 10.3 Å². The van der Waals surface area contributed by atoms with Crippen LogP contribution in [-0.4, -0.2) is 22.8 Å². The van der Waals surface area contributed by atoms with Crippen LogP contribution in [0.25, 0.3) is 0 Å². The fraction of sp³-hybridized carbons (Fsp3) is 0.182. The van der Waals surface area contributed by atoms with Gasteiger partial charge in [0.05, 0.1) is 12.1 Å². The van der Waals surface area contributed by atoms with Gasteiger partial charge in [0.15, 0.2) is 0 Å². The summed E-state index contributed by atoms with van der Waals surface area (Å²) in [7, 11) is 0. The van der Waals surface area contributed by atoms with Crippen molar-refractivity contribution in [1.29, 1.82) is 0 Å². The highest BCUT2D eigenvalue weighted by molar-refractivity contribution is 6.12. The van der Waals surface area contributed by atoms with E-state index in [0.717, 1.165) is 5.71 Å². The fourth-order valence-corrected chi connectivity index (χ4v) is 1.60. The van der Waals surface area contributed by atoms with Gasteiger partial charge in [-0.3, -0.25) is 10.1 Å². The number of hydrogen-bond donors (Lipinski definition) is 2. The van der Waals surface area contributed by atoms with Crippen molar-refractivity contribution >= 4 is 29.1 Å². The van der Waals surface area contributed by atoms with Gasteiger partial charge < -0.3 is 5.11 Å². The maximum Gasteiger partial charge on any atom is 0.409 e. The highest BCUT2D eigenvalue weighted by Gasteiger charge is 2.22. The van der Waals surface area contributed by atoms with Crippen LogP contribution in [0.3, 0.4) is 0 Å². The third-order valence-electron chi connectivity index (χ3n) is 2.26. The molecule has 88 valence electrons. The van der Waals surface area contributed by atoms with E-state index in [9.17, 15) is 9.59 Å². The summed E-state index contributed by atoms with van der Waals surface area (Å²) in [6.45, 7) is 1.78. The summed E-state index contributed by atoms with van der Waals surface area (Å²) in [6.07, 6.45) is -0.842. The smallest absolute Gasteiger partial charge is 0.409 e. The van der Waals surface area contributed by atoms with Crippen molar-refractivity contribution < 1.29 is 14.7 Å². The first kappa shape index (κ1) is 11.1. The van der Waals surface area contributed by atoms with E-state index in [0.29, 0.717) is 17.8 Å². The van der Waals surface area contributed by atoms with E-state index in [2.05, 4.69) is 10.4 Å². The minimum atomic E-state index is -1.14. The minimum Gasteiger partial charge on any atom is -0.465 e. The molecule has 17 heavy (non-hydrogen) atoms. The van der Waals surface area contributed by atoms with Crippen molar-refractivity contribution in [2.24, 2.45) is 5.10 Å². The van der Waals surface area contributed by atoms with Gasteiger partial charge in [-0.25, -0.2) is 9.80 Å². The van der Waals surface area contributed by atoms with Crippen LogP contribution in [0, 0.1) is 0 Å². The zero-order valence-electron chi connectivity index (χ0n) is 9.17. The van der Waals surface area contributed by atoms with E-state index < -0.39 is 6.09 Å². The van der Waals surface area contributed by atoms with Gasteiger partial charge in [0, 0.05) is 11.4 Å². The summed E-state index contributed by atoms with van der Waals surface area (Å²) in [5.41, 5.74) is 1.70. The molecule has 0 aliphatic carbocycles. The van der Waals surface area contributed by atoms with E-state index in [-0.39, 0.29) is 5.91 Å². The molecule has 1 heterocycles. The summed E-state index contributed by atoms with van der Waals surface area (Å²) in [6, 6.07) is 6.53. The lowest BCUT2D eigenvalue weighted by Gasteiger charge is -2.12. The third kappa shape index (κ3) is 2.41. The van der Waals surface area contributed by atoms with Crippen LogP contribution in [0.5, 0.6) is 0 Å². The zero-order chi connectivity index (χ0) is 12.4. The summed E-state index contributed by atoms with van der Waals surface area (Å²) >= 11 is 0. The first-order valence-electron chi connectivity index (χ1n) is 5.03. The molecule has 1 aromatic carbocycles. The summed E-state index contributed by atoms with van der Waals surface area (Å²) in [4.78, 5) is 22.1. The Kier molecular flexibility index (Phi) is 2.78. The van der Waals surface area contributed by atoms with E-state index in [1.54, 1.807) is 31.2 Å². The van der Waals surface area contributed by atoms with Crippen LogP contribution < -0.4 is 10.3 Å². The van der Waals surface area contributed by atoms with Gasteiger partial charge >= 0.3 is 6.09 Å². The van der Waals surface area contributed by atoms with Gasteiger partial charge in [-0.2, -0.15) is 5.10 Å². The number of benzene rings is 1. The first-order valence-corrected chi connectivity index (χ1v) is 5.03. The molecule has 0 atom stereocenters. The number of hydrazone groups is 1. The molecule has 0 fully saturated rings. The average molecular weight is 233 g/mol. The van der Waals surface area contributed by atoms with Gasteiger partial charge in [-0.1, -0.05) is 6.07 Å². The van der Waals surface area contributed by atoms with Gasteiger partial charge in [0.2, 0.25) is 0 Å². The lowest BCUT2D eigenvalue weighted by Crippen LogP contribution is -2.19. The predicted molar refractivity (Wildman–Crippen MR) is 63.3 cm³/mol.